The van der Waals surface area contributed by atoms with Crippen molar-refractivity contribution < 1.29 is 14.3 Å². The minimum absolute atomic E-state index is 0.0915. The van der Waals surface area contributed by atoms with E-state index in [-0.39, 0.29) is 25.0 Å². The standard InChI is InChI=1S/C22H31N3O3/c1-15(2)13-25-18(5)20(16(3)23-25)12-22(27)28-14-21(26)24(6)17(4)19-10-8-7-9-11-19/h7-11,15,17H,12-14H2,1-6H3. The largest absolute Gasteiger partial charge is 0.455 e. The van der Waals surface area contributed by atoms with E-state index in [1.807, 2.05) is 55.8 Å². The molecule has 6 nitrogen and oxygen atoms in total. The number of ether oxygens (including phenoxy) is 1. The molecule has 0 fully saturated rings. The second-order valence-electron chi connectivity index (χ2n) is 7.65. The Morgan fingerprint density at radius 2 is 1.79 bits per heavy atom. The first-order valence-corrected chi connectivity index (χ1v) is 9.69. The molecule has 2 rings (SSSR count). The Hall–Kier alpha value is -2.63. The molecule has 2 aromatic rings. The van der Waals surface area contributed by atoms with E-state index in [2.05, 4.69) is 18.9 Å². The van der Waals surface area contributed by atoms with E-state index in [0.717, 1.165) is 29.1 Å². The Labute approximate surface area is 167 Å². The van der Waals surface area contributed by atoms with Gasteiger partial charge >= 0.3 is 5.97 Å². The molecule has 0 spiro atoms. The highest BCUT2D eigenvalue weighted by Gasteiger charge is 2.20. The van der Waals surface area contributed by atoms with E-state index in [1.54, 1.807) is 11.9 Å². The van der Waals surface area contributed by atoms with Gasteiger partial charge in [-0.3, -0.25) is 14.3 Å². The molecule has 0 aliphatic heterocycles. The number of hydrogen-bond acceptors (Lipinski definition) is 4. The number of carbonyl (C=O) groups excluding carboxylic acids is 2. The molecule has 0 radical (unpaired) electrons. The summed E-state index contributed by atoms with van der Waals surface area (Å²) in [6.07, 6.45) is 0.126. The van der Waals surface area contributed by atoms with E-state index in [9.17, 15) is 9.59 Å². The molecule has 6 heteroatoms. The summed E-state index contributed by atoms with van der Waals surface area (Å²) < 4.78 is 7.18. The first kappa shape index (κ1) is 21.7. The summed E-state index contributed by atoms with van der Waals surface area (Å²) in [6, 6.07) is 9.67. The van der Waals surface area contributed by atoms with Crippen LogP contribution in [0.1, 0.15) is 49.3 Å². The van der Waals surface area contributed by atoms with Gasteiger partial charge in [0.2, 0.25) is 0 Å². The summed E-state index contributed by atoms with van der Waals surface area (Å²) in [5, 5.41) is 4.52. The average molecular weight is 386 g/mol. The Bertz CT molecular complexity index is 812. The van der Waals surface area contributed by atoms with Gasteiger partial charge < -0.3 is 9.64 Å². The highest BCUT2D eigenvalue weighted by molar-refractivity contribution is 5.81. The molecule has 1 heterocycles. The van der Waals surface area contributed by atoms with Gasteiger partial charge in [-0.15, -0.1) is 0 Å². The van der Waals surface area contributed by atoms with Crippen LogP contribution in [0.2, 0.25) is 0 Å². The fourth-order valence-electron chi connectivity index (χ4n) is 3.12. The molecule has 0 saturated heterocycles. The lowest BCUT2D eigenvalue weighted by molar-refractivity contribution is -0.151. The van der Waals surface area contributed by atoms with Crippen molar-refractivity contribution in [3.05, 3.63) is 52.8 Å². The molecule has 0 aliphatic rings. The molecular formula is C22H31N3O3. The Balaban J connectivity index is 1.92. The quantitative estimate of drug-likeness (QED) is 0.653. The van der Waals surface area contributed by atoms with Crippen LogP contribution >= 0.6 is 0 Å². The van der Waals surface area contributed by atoms with E-state index < -0.39 is 5.97 Å². The fourth-order valence-corrected chi connectivity index (χ4v) is 3.12. The molecule has 28 heavy (non-hydrogen) atoms. The maximum atomic E-state index is 12.4. The van der Waals surface area contributed by atoms with Crippen LogP contribution < -0.4 is 0 Å². The van der Waals surface area contributed by atoms with Crippen LogP contribution in [0.4, 0.5) is 0 Å². The molecule has 0 bridgehead atoms. The van der Waals surface area contributed by atoms with E-state index in [4.69, 9.17) is 4.74 Å². The zero-order valence-electron chi connectivity index (χ0n) is 17.7. The van der Waals surface area contributed by atoms with Crippen LogP contribution in [-0.2, 0) is 27.3 Å². The SMILES string of the molecule is Cc1nn(CC(C)C)c(C)c1CC(=O)OCC(=O)N(C)C(C)c1ccccc1. The van der Waals surface area contributed by atoms with Gasteiger partial charge in [-0.2, -0.15) is 5.10 Å². The van der Waals surface area contributed by atoms with Crippen LogP contribution in [0, 0.1) is 19.8 Å². The lowest BCUT2D eigenvalue weighted by atomic mass is 10.1. The summed E-state index contributed by atoms with van der Waals surface area (Å²) in [4.78, 5) is 26.3. The van der Waals surface area contributed by atoms with Crippen molar-refractivity contribution in [3.8, 4) is 0 Å². The van der Waals surface area contributed by atoms with Crippen molar-refractivity contribution in [2.75, 3.05) is 13.7 Å². The molecular weight excluding hydrogens is 354 g/mol. The Morgan fingerprint density at radius 3 is 2.39 bits per heavy atom. The smallest absolute Gasteiger partial charge is 0.310 e. The number of aromatic nitrogens is 2. The van der Waals surface area contributed by atoms with Crippen molar-refractivity contribution >= 4 is 11.9 Å². The van der Waals surface area contributed by atoms with Crippen LogP contribution in [-0.4, -0.2) is 40.2 Å². The highest BCUT2D eigenvalue weighted by Crippen LogP contribution is 2.19. The number of likely N-dealkylation sites (N-methyl/N-ethyl adjacent to an activating group) is 1. The summed E-state index contributed by atoms with van der Waals surface area (Å²) in [5.41, 5.74) is 3.72. The van der Waals surface area contributed by atoms with Gasteiger partial charge in [-0.25, -0.2) is 0 Å². The van der Waals surface area contributed by atoms with Gasteiger partial charge in [-0.1, -0.05) is 44.2 Å². The molecule has 1 aromatic heterocycles. The number of carbonyl (C=O) groups is 2. The van der Waals surface area contributed by atoms with E-state index in [0.29, 0.717) is 5.92 Å². The summed E-state index contributed by atoms with van der Waals surface area (Å²) in [6.45, 7) is 10.6. The maximum Gasteiger partial charge on any atom is 0.310 e. The van der Waals surface area contributed by atoms with Gasteiger partial charge in [0.05, 0.1) is 18.2 Å². The van der Waals surface area contributed by atoms with Crippen LogP contribution in [0.15, 0.2) is 30.3 Å². The zero-order valence-corrected chi connectivity index (χ0v) is 17.7. The molecule has 1 aromatic carbocycles. The van der Waals surface area contributed by atoms with Crippen molar-refractivity contribution in [2.24, 2.45) is 5.92 Å². The van der Waals surface area contributed by atoms with E-state index in [1.165, 1.54) is 0 Å². The lowest BCUT2D eigenvalue weighted by Gasteiger charge is -2.25. The first-order valence-electron chi connectivity index (χ1n) is 9.69. The van der Waals surface area contributed by atoms with Crippen molar-refractivity contribution in [3.63, 3.8) is 0 Å². The third-order valence-corrected chi connectivity index (χ3v) is 5.00. The number of rotatable bonds is 8. The average Bonchev–Trinajstić information content (AvgIpc) is 2.92. The fraction of sp³-hybridized carbons (Fsp3) is 0.500. The molecule has 152 valence electrons. The third-order valence-electron chi connectivity index (χ3n) is 5.00. The van der Waals surface area contributed by atoms with Crippen LogP contribution in [0.25, 0.3) is 0 Å². The second-order valence-corrected chi connectivity index (χ2v) is 7.65. The van der Waals surface area contributed by atoms with E-state index >= 15 is 0 Å². The number of benzene rings is 1. The van der Waals surface area contributed by atoms with Crippen molar-refractivity contribution in [1.82, 2.24) is 14.7 Å². The number of esters is 1. The Morgan fingerprint density at radius 1 is 1.14 bits per heavy atom. The predicted molar refractivity (Wildman–Crippen MR) is 109 cm³/mol. The normalized spacial score (nSPS) is 12.1. The van der Waals surface area contributed by atoms with Gasteiger partial charge in [0.1, 0.15) is 0 Å². The molecule has 0 N–H and O–H groups in total. The topological polar surface area (TPSA) is 64.4 Å². The molecule has 1 unspecified atom stereocenters. The third kappa shape index (κ3) is 5.44. The van der Waals surface area contributed by atoms with Crippen molar-refractivity contribution in [2.45, 2.75) is 53.6 Å². The monoisotopic (exact) mass is 385 g/mol. The van der Waals surface area contributed by atoms with Crippen molar-refractivity contribution in [1.29, 1.82) is 0 Å². The summed E-state index contributed by atoms with van der Waals surface area (Å²) in [5.74, 6) is -0.171. The van der Waals surface area contributed by atoms with Gasteiger partial charge in [0.15, 0.2) is 6.61 Å². The number of nitrogens with zero attached hydrogens (tertiary/aromatic N) is 3. The molecule has 1 atom stereocenters. The van der Waals surface area contributed by atoms with Gasteiger partial charge in [-0.05, 0) is 32.3 Å². The Kier molecular flexibility index (Phi) is 7.38. The first-order chi connectivity index (χ1) is 13.2. The minimum atomic E-state index is -0.413. The minimum Gasteiger partial charge on any atom is -0.455 e. The number of hydrogen-bond donors (Lipinski definition) is 0. The summed E-state index contributed by atoms with van der Waals surface area (Å²) in [7, 11) is 1.72. The summed E-state index contributed by atoms with van der Waals surface area (Å²) >= 11 is 0. The second kappa shape index (κ2) is 9.53. The molecule has 0 aliphatic carbocycles. The number of amides is 1. The van der Waals surface area contributed by atoms with Gasteiger partial charge in [0, 0.05) is 24.8 Å². The predicted octanol–water partition coefficient (Wildman–Crippen LogP) is 3.46. The van der Waals surface area contributed by atoms with Gasteiger partial charge in [0.25, 0.3) is 5.91 Å². The lowest BCUT2D eigenvalue weighted by Crippen LogP contribution is -2.33. The highest BCUT2D eigenvalue weighted by atomic mass is 16.5. The van der Waals surface area contributed by atoms with Crippen LogP contribution in [0.3, 0.4) is 0 Å². The number of aryl methyl sites for hydroxylation is 1. The zero-order chi connectivity index (χ0) is 20.8. The molecule has 1 amide bonds. The van der Waals surface area contributed by atoms with Crippen LogP contribution in [0.5, 0.6) is 0 Å². The molecule has 0 saturated carbocycles. The maximum absolute atomic E-state index is 12.4.